The highest BCUT2D eigenvalue weighted by molar-refractivity contribution is 6.31. The van der Waals surface area contributed by atoms with Crippen LogP contribution in [0.5, 0.6) is 0 Å². The van der Waals surface area contributed by atoms with Gasteiger partial charge in [0.1, 0.15) is 11.6 Å². The van der Waals surface area contributed by atoms with Crippen molar-refractivity contribution in [3.05, 3.63) is 69.2 Å². The molecule has 2 rings (SSSR count). The van der Waals surface area contributed by atoms with Crippen LogP contribution < -0.4 is 5.73 Å². The molecule has 0 aliphatic heterocycles. The second kappa shape index (κ2) is 5.87. The van der Waals surface area contributed by atoms with Crippen molar-refractivity contribution in [1.82, 2.24) is 0 Å². The highest BCUT2D eigenvalue weighted by Gasteiger charge is 2.15. The Morgan fingerprint density at radius 1 is 1.05 bits per heavy atom. The van der Waals surface area contributed by atoms with E-state index >= 15 is 0 Å². The third-order valence-electron chi connectivity index (χ3n) is 2.83. The number of benzene rings is 2. The summed E-state index contributed by atoms with van der Waals surface area (Å²) < 4.78 is 26.9. The van der Waals surface area contributed by atoms with Crippen LogP contribution in [0.2, 0.25) is 10.0 Å². The first-order chi connectivity index (χ1) is 8.99. The molecule has 0 saturated carbocycles. The van der Waals surface area contributed by atoms with Crippen LogP contribution in [-0.4, -0.2) is 0 Å². The predicted octanol–water partition coefficient (Wildman–Crippen LogP) is 4.51. The number of hydrogen-bond donors (Lipinski definition) is 1. The molecule has 19 heavy (non-hydrogen) atoms. The molecule has 1 nitrogen and oxygen atoms in total. The summed E-state index contributed by atoms with van der Waals surface area (Å²) in [6.07, 6.45) is 0.190. The molecule has 100 valence electrons. The van der Waals surface area contributed by atoms with E-state index in [2.05, 4.69) is 0 Å². The number of nitrogens with two attached hydrogens (primary N) is 1. The van der Waals surface area contributed by atoms with E-state index in [4.69, 9.17) is 28.9 Å². The zero-order valence-electron chi connectivity index (χ0n) is 9.84. The lowest BCUT2D eigenvalue weighted by molar-refractivity contribution is 0.589. The minimum Gasteiger partial charge on any atom is -0.324 e. The van der Waals surface area contributed by atoms with Crippen molar-refractivity contribution >= 4 is 23.2 Å². The van der Waals surface area contributed by atoms with E-state index in [-0.39, 0.29) is 11.4 Å². The zero-order chi connectivity index (χ0) is 14.0. The first kappa shape index (κ1) is 14.3. The summed E-state index contributed by atoms with van der Waals surface area (Å²) in [7, 11) is 0. The Bertz CT molecular complexity index is 602. The molecular weight excluding hydrogens is 291 g/mol. The van der Waals surface area contributed by atoms with Gasteiger partial charge in [-0.2, -0.15) is 0 Å². The molecule has 0 aliphatic rings. The van der Waals surface area contributed by atoms with Crippen LogP contribution in [0.4, 0.5) is 8.78 Å². The van der Waals surface area contributed by atoms with Crippen molar-refractivity contribution < 1.29 is 8.78 Å². The average Bonchev–Trinajstić information content (AvgIpc) is 2.37. The van der Waals surface area contributed by atoms with Crippen LogP contribution in [0, 0.1) is 11.6 Å². The van der Waals surface area contributed by atoms with Gasteiger partial charge in [0, 0.05) is 11.1 Å². The minimum atomic E-state index is -0.601. The Hall–Kier alpha value is -1.16. The van der Waals surface area contributed by atoms with E-state index in [1.54, 1.807) is 6.07 Å². The van der Waals surface area contributed by atoms with Crippen molar-refractivity contribution in [2.75, 3.05) is 0 Å². The van der Waals surface area contributed by atoms with Gasteiger partial charge in [-0.15, -0.1) is 0 Å². The summed E-state index contributed by atoms with van der Waals surface area (Å²) in [5.41, 5.74) is 6.78. The molecule has 2 aromatic rings. The quantitative estimate of drug-likeness (QED) is 0.886. The van der Waals surface area contributed by atoms with Crippen molar-refractivity contribution in [3.63, 3.8) is 0 Å². The molecule has 1 atom stereocenters. The van der Waals surface area contributed by atoms with E-state index in [0.29, 0.717) is 16.1 Å². The Morgan fingerprint density at radius 2 is 1.79 bits per heavy atom. The fourth-order valence-electron chi connectivity index (χ4n) is 1.85. The molecule has 2 aromatic carbocycles. The van der Waals surface area contributed by atoms with Gasteiger partial charge in [-0.3, -0.25) is 0 Å². The fourth-order valence-corrected chi connectivity index (χ4v) is 2.31. The fraction of sp³-hybridized carbons (Fsp3) is 0.143. The summed E-state index contributed by atoms with van der Waals surface area (Å²) >= 11 is 11.7. The van der Waals surface area contributed by atoms with Crippen LogP contribution in [-0.2, 0) is 6.42 Å². The topological polar surface area (TPSA) is 26.0 Å². The Kier molecular flexibility index (Phi) is 4.40. The molecular formula is C14H11Cl2F2N. The third kappa shape index (κ3) is 3.24. The Labute approximate surface area is 119 Å². The predicted molar refractivity (Wildman–Crippen MR) is 73.5 cm³/mol. The van der Waals surface area contributed by atoms with Gasteiger partial charge in [0.2, 0.25) is 0 Å². The summed E-state index contributed by atoms with van der Waals surface area (Å²) in [4.78, 5) is 0. The highest BCUT2D eigenvalue weighted by Crippen LogP contribution is 2.27. The summed E-state index contributed by atoms with van der Waals surface area (Å²) in [5, 5.41) is 0.395. The highest BCUT2D eigenvalue weighted by atomic mass is 35.5. The van der Waals surface area contributed by atoms with E-state index in [1.807, 2.05) is 0 Å². The summed E-state index contributed by atoms with van der Waals surface area (Å²) in [6, 6.07) is 8.03. The van der Waals surface area contributed by atoms with Gasteiger partial charge in [0.05, 0.1) is 5.02 Å². The lowest BCUT2D eigenvalue weighted by Crippen LogP contribution is -2.15. The SMILES string of the molecule is NC(Cc1cc(Cl)ccc1F)c1cccc(F)c1Cl. The molecule has 5 heteroatoms. The van der Waals surface area contributed by atoms with Crippen LogP contribution in [0.1, 0.15) is 17.2 Å². The van der Waals surface area contributed by atoms with Gasteiger partial charge >= 0.3 is 0 Å². The van der Waals surface area contributed by atoms with Gasteiger partial charge in [-0.25, -0.2) is 8.78 Å². The van der Waals surface area contributed by atoms with Crippen LogP contribution in [0.25, 0.3) is 0 Å². The second-order valence-corrected chi connectivity index (χ2v) is 5.00. The van der Waals surface area contributed by atoms with Crippen LogP contribution >= 0.6 is 23.2 Å². The first-order valence-electron chi connectivity index (χ1n) is 5.62. The van der Waals surface area contributed by atoms with Gasteiger partial charge in [-0.1, -0.05) is 35.3 Å². The van der Waals surface area contributed by atoms with E-state index in [9.17, 15) is 8.78 Å². The average molecular weight is 302 g/mol. The van der Waals surface area contributed by atoms with Crippen molar-refractivity contribution in [3.8, 4) is 0 Å². The number of rotatable bonds is 3. The van der Waals surface area contributed by atoms with Crippen molar-refractivity contribution in [2.45, 2.75) is 12.5 Å². The second-order valence-electron chi connectivity index (χ2n) is 4.19. The monoisotopic (exact) mass is 301 g/mol. The lowest BCUT2D eigenvalue weighted by Gasteiger charge is -2.14. The standard InChI is InChI=1S/C14H11Cl2F2N/c15-9-4-5-11(17)8(6-9)7-13(19)10-2-1-3-12(18)14(10)16/h1-6,13H,7,19H2. The molecule has 0 aromatic heterocycles. The largest absolute Gasteiger partial charge is 0.324 e. The molecule has 0 aliphatic carbocycles. The molecule has 0 fully saturated rings. The summed E-state index contributed by atoms with van der Waals surface area (Å²) in [5.74, 6) is -0.937. The zero-order valence-corrected chi connectivity index (χ0v) is 11.3. The molecule has 0 bridgehead atoms. The first-order valence-corrected chi connectivity index (χ1v) is 6.38. The van der Waals surface area contributed by atoms with Gasteiger partial charge in [-0.05, 0) is 41.8 Å². The molecule has 2 N–H and O–H groups in total. The van der Waals surface area contributed by atoms with E-state index in [0.717, 1.165) is 0 Å². The van der Waals surface area contributed by atoms with Gasteiger partial charge in [0.15, 0.2) is 0 Å². The van der Waals surface area contributed by atoms with Gasteiger partial charge < -0.3 is 5.73 Å². The normalized spacial score (nSPS) is 12.5. The maximum Gasteiger partial charge on any atom is 0.142 e. The number of halogens is 4. The Balaban J connectivity index is 2.28. The maximum atomic E-state index is 13.6. The molecule has 0 amide bonds. The molecule has 0 saturated heterocycles. The number of hydrogen-bond acceptors (Lipinski definition) is 1. The Morgan fingerprint density at radius 3 is 2.53 bits per heavy atom. The van der Waals surface area contributed by atoms with Gasteiger partial charge in [0.25, 0.3) is 0 Å². The molecule has 1 unspecified atom stereocenters. The van der Waals surface area contributed by atoms with E-state index < -0.39 is 17.7 Å². The van der Waals surface area contributed by atoms with Crippen molar-refractivity contribution in [1.29, 1.82) is 0 Å². The van der Waals surface area contributed by atoms with E-state index in [1.165, 1.54) is 30.3 Å². The minimum absolute atomic E-state index is 0.0302. The summed E-state index contributed by atoms with van der Waals surface area (Å²) in [6.45, 7) is 0. The maximum absolute atomic E-state index is 13.6. The third-order valence-corrected chi connectivity index (χ3v) is 3.46. The molecule has 0 radical (unpaired) electrons. The smallest absolute Gasteiger partial charge is 0.142 e. The molecule has 0 spiro atoms. The van der Waals surface area contributed by atoms with Crippen molar-refractivity contribution in [2.24, 2.45) is 5.73 Å². The van der Waals surface area contributed by atoms with Crippen LogP contribution in [0.15, 0.2) is 36.4 Å². The van der Waals surface area contributed by atoms with Crippen LogP contribution in [0.3, 0.4) is 0 Å². The lowest BCUT2D eigenvalue weighted by atomic mass is 9.99. The molecule has 0 heterocycles.